The monoisotopic (exact) mass is 505 g/mol. The van der Waals surface area contributed by atoms with E-state index in [4.69, 9.17) is 27.9 Å². The van der Waals surface area contributed by atoms with Crippen molar-refractivity contribution in [3.8, 4) is 0 Å². The minimum Gasteiger partial charge on any atom is -0.362 e. The molecule has 2 aromatic rings. The summed E-state index contributed by atoms with van der Waals surface area (Å²) in [6, 6.07) is 10.2. The van der Waals surface area contributed by atoms with Crippen LogP contribution in [0.25, 0.3) is 0 Å². The molecule has 2 bridgehead atoms. The summed E-state index contributed by atoms with van der Waals surface area (Å²) >= 11 is 11.8. The third-order valence-corrected chi connectivity index (χ3v) is 8.04. The first kappa shape index (κ1) is 22.1. The number of halogens is 2. The fraction of sp³-hybridized carbons (Fsp3) is 0.227. The minimum absolute atomic E-state index is 0.0751. The topological polar surface area (TPSA) is 105 Å². The highest BCUT2D eigenvalue weighted by Gasteiger charge is 2.66. The van der Waals surface area contributed by atoms with Crippen LogP contribution >= 0.6 is 23.2 Å². The van der Waals surface area contributed by atoms with Gasteiger partial charge >= 0.3 is 0 Å². The molecule has 8 nitrogen and oxygen atoms in total. The molecule has 170 valence electrons. The van der Waals surface area contributed by atoms with E-state index in [2.05, 4.69) is 9.93 Å². The molecule has 2 fully saturated rings. The average Bonchev–Trinajstić information content (AvgIpc) is 3.39. The van der Waals surface area contributed by atoms with Gasteiger partial charge in [-0.15, -0.1) is 0 Å². The Morgan fingerprint density at radius 2 is 1.82 bits per heavy atom. The van der Waals surface area contributed by atoms with E-state index in [9.17, 15) is 18.0 Å². The number of nitrogens with one attached hydrogen (secondary N) is 1. The molecule has 1 N–H and O–H groups in total. The summed E-state index contributed by atoms with van der Waals surface area (Å²) in [6.07, 6.45) is 4.52. The summed E-state index contributed by atoms with van der Waals surface area (Å²) < 4.78 is 30.9. The summed E-state index contributed by atoms with van der Waals surface area (Å²) in [7, 11) is -3.97. The first-order chi connectivity index (χ1) is 15.6. The van der Waals surface area contributed by atoms with Crippen LogP contribution in [0.3, 0.4) is 0 Å². The van der Waals surface area contributed by atoms with Crippen LogP contribution in [0.15, 0.2) is 64.6 Å². The lowest BCUT2D eigenvalue weighted by molar-refractivity contribution is -0.126. The number of rotatable bonds is 5. The predicted molar refractivity (Wildman–Crippen MR) is 123 cm³/mol. The molecule has 2 amide bonds. The zero-order chi connectivity index (χ0) is 23.5. The number of anilines is 1. The van der Waals surface area contributed by atoms with Crippen molar-refractivity contribution < 1.29 is 22.7 Å². The van der Waals surface area contributed by atoms with E-state index in [0.29, 0.717) is 21.3 Å². The van der Waals surface area contributed by atoms with E-state index in [1.54, 1.807) is 25.1 Å². The quantitative estimate of drug-likeness (QED) is 0.291. The molecular weight excluding hydrogens is 489 g/mol. The van der Waals surface area contributed by atoms with Crippen molar-refractivity contribution in [3.63, 3.8) is 0 Å². The molecule has 33 heavy (non-hydrogen) atoms. The number of sulfonamides is 1. The second kappa shape index (κ2) is 7.66. The van der Waals surface area contributed by atoms with Crippen molar-refractivity contribution in [1.82, 2.24) is 4.83 Å². The number of imide groups is 1. The highest BCUT2D eigenvalue weighted by Crippen LogP contribution is 2.52. The Labute approximate surface area is 199 Å². The van der Waals surface area contributed by atoms with Crippen LogP contribution in [0.2, 0.25) is 10.0 Å². The Balaban J connectivity index is 1.32. The molecule has 0 spiro atoms. The Morgan fingerprint density at radius 1 is 1.09 bits per heavy atom. The fourth-order valence-corrected chi connectivity index (χ4v) is 5.59. The highest BCUT2D eigenvalue weighted by molar-refractivity contribution is 7.89. The second-order valence-electron chi connectivity index (χ2n) is 8.16. The van der Waals surface area contributed by atoms with Crippen molar-refractivity contribution in [2.24, 2.45) is 16.9 Å². The third kappa shape index (κ3) is 3.56. The molecule has 2 saturated heterocycles. The summed E-state index contributed by atoms with van der Waals surface area (Å²) in [5, 5.41) is 4.44. The summed E-state index contributed by atoms with van der Waals surface area (Å²) in [5.74, 6) is -1.84. The molecule has 3 aliphatic heterocycles. The Bertz CT molecular complexity index is 1340. The molecule has 3 aliphatic rings. The molecule has 0 saturated carbocycles. The van der Waals surface area contributed by atoms with Gasteiger partial charge in [-0.25, -0.2) is 9.73 Å². The lowest BCUT2D eigenvalue weighted by atomic mass is 9.78. The van der Waals surface area contributed by atoms with E-state index < -0.39 is 33.6 Å². The van der Waals surface area contributed by atoms with Gasteiger partial charge in [-0.05, 0) is 48.9 Å². The fourth-order valence-electron chi connectivity index (χ4n) is 4.50. The van der Waals surface area contributed by atoms with Crippen molar-refractivity contribution in [2.45, 2.75) is 23.5 Å². The number of benzene rings is 2. The van der Waals surface area contributed by atoms with E-state index in [1.807, 2.05) is 12.2 Å². The van der Waals surface area contributed by atoms with Crippen LogP contribution < -0.4 is 9.73 Å². The SMILES string of the molecule is CC12C=CC(O1)[C@H]1C(=O)N(c3ccc(S(=O)(=O)N/N=C/c4ccc(Cl)c(Cl)c4)cc3)C(=O)[C@H]12. The maximum atomic E-state index is 13.0. The molecule has 2 unspecified atom stereocenters. The molecule has 3 heterocycles. The van der Waals surface area contributed by atoms with E-state index in [-0.39, 0.29) is 16.7 Å². The van der Waals surface area contributed by atoms with E-state index >= 15 is 0 Å². The highest BCUT2D eigenvalue weighted by atomic mass is 35.5. The van der Waals surface area contributed by atoms with E-state index in [0.717, 1.165) is 4.90 Å². The number of carbonyl (C=O) groups is 2. The molecule has 2 aromatic carbocycles. The maximum Gasteiger partial charge on any atom is 0.276 e. The van der Waals surface area contributed by atoms with Crippen molar-refractivity contribution in [3.05, 3.63) is 70.2 Å². The smallest absolute Gasteiger partial charge is 0.276 e. The lowest BCUT2D eigenvalue weighted by Crippen LogP contribution is -2.38. The number of fused-ring (bicyclic) bond motifs is 5. The van der Waals surface area contributed by atoms with Gasteiger partial charge in [-0.2, -0.15) is 13.5 Å². The molecular formula is C22H17Cl2N3O5S. The number of hydrazone groups is 1. The van der Waals surface area contributed by atoms with Crippen LogP contribution in [0.1, 0.15) is 12.5 Å². The number of ether oxygens (including phenoxy) is 1. The number of nitrogens with zero attached hydrogens (tertiary/aromatic N) is 2. The average molecular weight is 506 g/mol. The molecule has 4 atom stereocenters. The number of amides is 2. The number of hydrogen-bond acceptors (Lipinski definition) is 6. The first-order valence-electron chi connectivity index (χ1n) is 9.96. The van der Waals surface area contributed by atoms with Gasteiger partial charge in [0.25, 0.3) is 10.0 Å². The first-order valence-corrected chi connectivity index (χ1v) is 12.2. The standard InChI is InChI=1S/C22H17Cl2N3O5S/c1-22-9-8-17(32-22)18-19(22)21(29)27(20(18)28)13-3-5-14(6-4-13)33(30,31)26-25-11-12-2-7-15(23)16(24)10-12/h2-11,17-19,26H,1H3/b25-11+/t17?,18-,19+,22?/m1/s1. The third-order valence-electron chi connectivity index (χ3n) is 6.06. The Morgan fingerprint density at radius 3 is 2.48 bits per heavy atom. The van der Waals surface area contributed by atoms with Gasteiger partial charge < -0.3 is 4.74 Å². The largest absolute Gasteiger partial charge is 0.362 e. The van der Waals surface area contributed by atoms with Crippen LogP contribution in [-0.4, -0.2) is 38.2 Å². The number of hydrogen-bond donors (Lipinski definition) is 1. The maximum absolute atomic E-state index is 13.0. The van der Waals surface area contributed by atoms with Gasteiger partial charge in [0, 0.05) is 0 Å². The van der Waals surface area contributed by atoms with Crippen molar-refractivity contribution in [2.75, 3.05) is 4.90 Å². The molecule has 11 heteroatoms. The normalized spacial score (nSPS) is 28.2. The van der Waals surface area contributed by atoms with Crippen LogP contribution in [-0.2, 0) is 24.3 Å². The zero-order valence-electron chi connectivity index (χ0n) is 17.1. The van der Waals surface area contributed by atoms with Crippen molar-refractivity contribution >= 4 is 56.9 Å². The summed E-state index contributed by atoms with van der Waals surface area (Å²) in [5.41, 5.74) is 0.0666. The predicted octanol–water partition coefficient (Wildman–Crippen LogP) is 3.14. The van der Waals surface area contributed by atoms with Crippen molar-refractivity contribution in [1.29, 1.82) is 0 Å². The summed E-state index contributed by atoms with van der Waals surface area (Å²) in [6.45, 7) is 1.79. The van der Waals surface area contributed by atoms with Gasteiger partial charge in [0.05, 0.1) is 50.4 Å². The Hall–Kier alpha value is -2.72. The summed E-state index contributed by atoms with van der Waals surface area (Å²) in [4.78, 5) is 29.1. The molecule has 0 aromatic heterocycles. The molecule has 0 radical (unpaired) electrons. The Kier molecular flexibility index (Phi) is 5.13. The van der Waals surface area contributed by atoms with Crippen LogP contribution in [0.4, 0.5) is 5.69 Å². The van der Waals surface area contributed by atoms with Gasteiger partial charge in [-0.1, -0.05) is 41.4 Å². The molecule has 5 rings (SSSR count). The molecule has 0 aliphatic carbocycles. The lowest BCUT2D eigenvalue weighted by Gasteiger charge is -2.24. The minimum atomic E-state index is -3.97. The second-order valence-corrected chi connectivity index (χ2v) is 10.6. The zero-order valence-corrected chi connectivity index (χ0v) is 19.4. The van der Waals surface area contributed by atoms with Gasteiger partial charge in [0.2, 0.25) is 11.8 Å². The van der Waals surface area contributed by atoms with Gasteiger partial charge in [-0.3, -0.25) is 9.59 Å². The number of carbonyl (C=O) groups excluding carboxylic acids is 2. The van der Waals surface area contributed by atoms with Crippen LogP contribution in [0, 0.1) is 11.8 Å². The van der Waals surface area contributed by atoms with Crippen LogP contribution in [0.5, 0.6) is 0 Å². The van der Waals surface area contributed by atoms with E-state index in [1.165, 1.54) is 30.5 Å². The van der Waals surface area contributed by atoms with Gasteiger partial charge in [0.15, 0.2) is 0 Å². The van der Waals surface area contributed by atoms with Gasteiger partial charge in [0.1, 0.15) is 0 Å².